The Morgan fingerprint density at radius 1 is 1.27 bits per heavy atom. The van der Waals surface area contributed by atoms with Crippen molar-refractivity contribution in [2.24, 2.45) is 11.3 Å². The third kappa shape index (κ3) is 4.35. The van der Waals surface area contributed by atoms with Gasteiger partial charge in [-0.25, -0.2) is 4.79 Å². The molecular weight excluding hydrogens is 284 g/mol. The van der Waals surface area contributed by atoms with Gasteiger partial charge < -0.3 is 20.1 Å². The molecule has 2 rings (SSSR count). The number of amides is 2. The number of nitrogens with zero attached hydrogens (tertiary/aromatic N) is 1. The van der Waals surface area contributed by atoms with Crippen LogP contribution in [0.3, 0.4) is 0 Å². The highest BCUT2D eigenvalue weighted by Gasteiger charge is 2.34. The number of hydrogen-bond acceptors (Lipinski definition) is 3. The van der Waals surface area contributed by atoms with Crippen molar-refractivity contribution in [3.05, 3.63) is 0 Å². The maximum atomic E-state index is 12.4. The van der Waals surface area contributed by atoms with Gasteiger partial charge in [0.05, 0.1) is 12.0 Å². The van der Waals surface area contributed by atoms with E-state index < -0.39 is 11.9 Å². The summed E-state index contributed by atoms with van der Waals surface area (Å²) < 4.78 is 5.81. The predicted molar refractivity (Wildman–Crippen MR) is 82.7 cm³/mol. The molecule has 2 amide bonds. The van der Waals surface area contributed by atoms with E-state index in [1.54, 1.807) is 4.90 Å². The number of likely N-dealkylation sites (tertiary alicyclic amines) is 1. The zero-order valence-corrected chi connectivity index (χ0v) is 13.8. The summed E-state index contributed by atoms with van der Waals surface area (Å²) in [6, 6.07) is -0.0267. The van der Waals surface area contributed by atoms with E-state index in [0.717, 1.165) is 19.3 Å². The van der Waals surface area contributed by atoms with Crippen LogP contribution >= 0.6 is 0 Å². The third-order valence-corrected chi connectivity index (χ3v) is 4.64. The molecule has 0 aromatic carbocycles. The smallest absolute Gasteiger partial charge is 0.317 e. The Labute approximate surface area is 132 Å². The fourth-order valence-corrected chi connectivity index (χ4v) is 3.16. The largest absolute Gasteiger partial charge is 0.481 e. The molecule has 6 nitrogen and oxygen atoms in total. The Morgan fingerprint density at radius 2 is 2.00 bits per heavy atom. The molecule has 0 bridgehead atoms. The van der Waals surface area contributed by atoms with Crippen molar-refractivity contribution in [1.29, 1.82) is 0 Å². The number of ether oxygens (including phenoxy) is 1. The van der Waals surface area contributed by atoms with Crippen LogP contribution in [0.25, 0.3) is 0 Å². The lowest BCUT2D eigenvalue weighted by Crippen LogP contribution is -2.52. The first-order valence-electron chi connectivity index (χ1n) is 8.17. The maximum absolute atomic E-state index is 12.4. The second-order valence-electron chi connectivity index (χ2n) is 7.52. The molecule has 0 saturated carbocycles. The van der Waals surface area contributed by atoms with Crippen LogP contribution in [0.1, 0.15) is 46.5 Å². The van der Waals surface area contributed by atoms with Gasteiger partial charge in [0.25, 0.3) is 0 Å². The SMILES string of the molecule is CC(C)(C)C1CC(NC(=O)N2CCCC(C(=O)O)C2)CCO1. The second-order valence-corrected chi connectivity index (χ2v) is 7.52. The number of nitrogens with one attached hydrogen (secondary N) is 1. The summed E-state index contributed by atoms with van der Waals surface area (Å²) in [5, 5.41) is 12.2. The lowest BCUT2D eigenvalue weighted by molar-refractivity contribution is -0.143. The zero-order chi connectivity index (χ0) is 16.3. The number of aliphatic carboxylic acids is 1. The Morgan fingerprint density at radius 3 is 2.64 bits per heavy atom. The Hall–Kier alpha value is -1.30. The number of piperidine rings is 1. The molecule has 22 heavy (non-hydrogen) atoms. The van der Waals surface area contributed by atoms with Crippen LogP contribution in [-0.4, -0.2) is 53.8 Å². The van der Waals surface area contributed by atoms with Crippen LogP contribution in [0.5, 0.6) is 0 Å². The molecule has 0 aliphatic carbocycles. The topological polar surface area (TPSA) is 78.9 Å². The fourth-order valence-electron chi connectivity index (χ4n) is 3.16. The number of carbonyl (C=O) groups is 2. The van der Waals surface area contributed by atoms with Gasteiger partial charge in [0, 0.05) is 25.7 Å². The minimum absolute atomic E-state index is 0.0585. The number of carboxylic acid groups (broad SMARTS) is 1. The molecular formula is C16H28N2O4. The number of hydrogen-bond donors (Lipinski definition) is 2. The quantitative estimate of drug-likeness (QED) is 0.818. The van der Waals surface area contributed by atoms with Crippen LogP contribution in [-0.2, 0) is 9.53 Å². The lowest BCUT2D eigenvalue weighted by atomic mass is 9.83. The van der Waals surface area contributed by atoms with Gasteiger partial charge in [-0.05, 0) is 31.1 Å². The van der Waals surface area contributed by atoms with Crippen LogP contribution in [0.15, 0.2) is 0 Å². The molecule has 2 heterocycles. The summed E-state index contributed by atoms with van der Waals surface area (Å²) >= 11 is 0. The van der Waals surface area contributed by atoms with E-state index in [9.17, 15) is 9.59 Å². The minimum atomic E-state index is -0.809. The van der Waals surface area contributed by atoms with E-state index in [1.165, 1.54) is 0 Å². The van der Waals surface area contributed by atoms with Gasteiger partial charge in [-0.3, -0.25) is 4.79 Å². The third-order valence-electron chi connectivity index (χ3n) is 4.64. The summed E-state index contributed by atoms with van der Waals surface area (Å²) in [6.45, 7) is 8.04. The summed E-state index contributed by atoms with van der Waals surface area (Å²) in [5.41, 5.74) is 0.0585. The van der Waals surface area contributed by atoms with Gasteiger partial charge in [0.2, 0.25) is 0 Å². The van der Waals surface area contributed by atoms with Gasteiger partial charge in [-0.15, -0.1) is 0 Å². The average Bonchev–Trinajstić information content (AvgIpc) is 2.46. The Balaban J connectivity index is 1.87. The molecule has 0 aromatic heterocycles. The van der Waals surface area contributed by atoms with Gasteiger partial charge >= 0.3 is 12.0 Å². The van der Waals surface area contributed by atoms with Crippen LogP contribution in [0, 0.1) is 11.3 Å². The van der Waals surface area contributed by atoms with Crippen molar-refractivity contribution in [3.8, 4) is 0 Å². The molecule has 2 N–H and O–H groups in total. The summed E-state index contributed by atoms with van der Waals surface area (Å²) in [4.78, 5) is 25.1. The number of rotatable bonds is 2. The summed E-state index contributed by atoms with van der Waals surface area (Å²) in [5.74, 6) is -1.24. The standard InChI is InChI=1S/C16H28N2O4/c1-16(2,3)13-9-12(6-8-22-13)17-15(21)18-7-4-5-11(10-18)14(19)20/h11-13H,4-10H2,1-3H3,(H,17,21)(H,19,20). The second kappa shape index (κ2) is 6.86. The van der Waals surface area contributed by atoms with Crippen molar-refractivity contribution in [2.75, 3.05) is 19.7 Å². The van der Waals surface area contributed by atoms with E-state index >= 15 is 0 Å². The summed E-state index contributed by atoms with van der Waals surface area (Å²) in [6.07, 6.45) is 3.17. The molecule has 2 aliphatic rings. The van der Waals surface area contributed by atoms with E-state index in [4.69, 9.17) is 9.84 Å². The molecule has 3 atom stereocenters. The molecule has 3 unspecified atom stereocenters. The zero-order valence-electron chi connectivity index (χ0n) is 13.8. The first-order chi connectivity index (χ1) is 10.3. The average molecular weight is 312 g/mol. The van der Waals surface area contributed by atoms with Crippen molar-refractivity contribution in [1.82, 2.24) is 10.2 Å². The number of urea groups is 1. The first kappa shape index (κ1) is 17.1. The van der Waals surface area contributed by atoms with Crippen molar-refractivity contribution < 1.29 is 19.4 Å². The first-order valence-corrected chi connectivity index (χ1v) is 8.17. The maximum Gasteiger partial charge on any atom is 0.317 e. The van der Waals surface area contributed by atoms with E-state index in [-0.39, 0.29) is 23.6 Å². The highest BCUT2D eigenvalue weighted by atomic mass is 16.5. The molecule has 126 valence electrons. The minimum Gasteiger partial charge on any atom is -0.481 e. The summed E-state index contributed by atoms with van der Waals surface area (Å²) in [7, 11) is 0. The van der Waals surface area contributed by atoms with Gasteiger partial charge in [-0.2, -0.15) is 0 Å². The van der Waals surface area contributed by atoms with Gasteiger partial charge in [0.1, 0.15) is 0 Å². The van der Waals surface area contributed by atoms with Crippen LogP contribution in [0.4, 0.5) is 4.79 Å². The molecule has 0 radical (unpaired) electrons. The van der Waals surface area contributed by atoms with Crippen LogP contribution in [0.2, 0.25) is 0 Å². The monoisotopic (exact) mass is 312 g/mol. The lowest BCUT2D eigenvalue weighted by Gasteiger charge is -2.39. The molecule has 0 spiro atoms. The molecule has 2 saturated heterocycles. The van der Waals surface area contributed by atoms with Gasteiger partial charge in [0.15, 0.2) is 0 Å². The highest BCUT2D eigenvalue weighted by molar-refractivity contribution is 5.76. The van der Waals surface area contributed by atoms with Crippen molar-refractivity contribution in [2.45, 2.75) is 58.6 Å². The molecule has 2 aliphatic heterocycles. The van der Waals surface area contributed by atoms with Gasteiger partial charge in [-0.1, -0.05) is 20.8 Å². The van der Waals surface area contributed by atoms with E-state index in [2.05, 4.69) is 26.1 Å². The number of carboxylic acids is 1. The van der Waals surface area contributed by atoms with Crippen molar-refractivity contribution >= 4 is 12.0 Å². The van der Waals surface area contributed by atoms with E-state index in [0.29, 0.717) is 26.1 Å². The normalized spacial score (nSPS) is 30.0. The molecule has 0 aromatic rings. The van der Waals surface area contributed by atoms with Crippen molar-refractivity contribution in [3.63, 3.8) is 0 Å². The van der Waals surface area contributed by atoms with Crippen LogP contribution < -0.4 is 5.32 Å². The molecule has 6 heteroatoms. The Bertz CT molecular complexity index is 419. The van der Waals surface area contributed by atoms with E-state index in [1.807, 2.05) is 0 Å². The highest BCUT2D eigenvalue weighted by Crippen LogP contribution is 2.29. The fraction of sp³-hybridized carbons (Fsp3) is 0.875. The Kier molecular flexibility index (Phi) is 5.32. The number of carbonyl (C=O) groups excluding carboxylic acids is 1. The predicted octanol–water partition coefficient (Wildman–Crippen LogP) is 2.09. The molecule has 2 fully saturated rings.